The number of nitrogens with zero attached hydrogens (tertiary/aromatic N) is 1. The third-order valence-electron chi connectivity index (χ3n) is 3.65. The Kier molecular flexibility index (Phi) is 4.00. The van der Waals surface area contributed by atoms with Crippen LogP contribution in [0.25, 0.3) is 0 Å². The highest BCUT2D eigenvalue weighted by Crippen LogP contribution is 2.27. The average molecular weight is 320 g/mol. The first-order valence-corrected chi connectivity index (χ1v) is 7.31. The van der Waals surface area contributed by atoms with Crippen molar-refractivity contribution in [1.82, 2.24) is 0 Å². The van der Waals surface area contributed by atoms with E-state index in [4.69, 9.17) is 17.3 Å². The molecule has 0 spiro atoms. The average Bonchev–Trinajstić information content (AvgIpc) is 2.64. The lowest BCUT2D eigenvalue weighted by atomic mass is 10.00. The molecule has 4 nitrogen and oxygen atoms in total. The SMILES string of the molecule is NCC1C[N+]([O-])=C(c2ccccc2F)c2cc(Cl)ccc2N1. The van der Waals surface area contributed by atoms with E-state index in [1.54, 1.807) is 36.4 Å². The zero-order valence-electron chi connectivity index (χ0n) is 11.7. The smallest absolute Gasteiger partial charge is 0.230 e. The topological polar surface area (TPSA) is 64.1 Å². The first kappa shape index (κ1) is 14.8. The number of hydroxylamine groups is 1. The monoisotopic (exact) mass is 319 g/mol. The molecule has 0 saturated carbocycles. The summed E-state index contributed by atoms with van der Waals surface area (Å²) in [6, 6.07) is 11.1. The Labute approximate surface area is 132 Å². The van der Waals surface area contributed by atoms with Crippen molar-refractivity contribution in [3.8, 4) is 0 Å². The van der Waals surface area contributed by atoms with Gasteiger partial charge in [0.25, 0.3) is 0 Å². The molecule has 0 amide bonds. The van der Waals surface area contributed by atoms with Gasteiger partial charge >= 0.3 is 0 Å². The zero-order chi connectivity index (χ0) is 15.7. The van der Waals surface area contributed by atoms with Gasteiger partial charge in [-0.1, -0.05) is 23.7 Å². The predicted octanol–water partition coefficient (Wildman–Crippen LogP) is 2.58. The zero-order valence-corrected chi connectivity index (χ0v) is 12.5. The van der Waals surface area contributed by atoms with Crippen LogP contribution in [0.4, 0.5) is 10.1 Å². The fraction of sp³-hybridized carbons (Fsp3) is 0.188. The second-order valence-electron chi connectivity index (χ2n) is 5.16. The number of nitrogens with two attached hydrogens (primary N) is 1. The van der Waals surface area contributed by atoms with Crippen LogP contribution in [-0.2, 0) is 0 Å². The number of fused-ring (bicyclic) bond motifs is 1. The summed E-state index contributed by atoms with van der Waals surface area (Å²) in [4.78, 5) is 0. The Morgan fingerprint density at radius 2 is 2.05 bits per heavy atom. The van der Waals surface area contributed by atoms with Gasteiger partial charge < -0.3 is 16.3 Å². The van der Waals surface area contributed by atoms with Gasteiger partial charge in [0.15, 0.2) is 6.54 Å². The van der Waals surface area contributed by atoms with E-state index in [2.05, 4.69) is 5.32 Å². The fourth-order valence-corrected chi connectivity index (χ4v) is 2.77. The molecule has 2 aromatic carbocycles. The maximum atomic E-state index is 14.2. The molecule has 0 bridgehead atoms. The quantitative estimate of drug-likeness (QED) is 0.660. The highest BCUT2D eigenvalue weighted by atomic mass is 35.5. The Bertz CT molecular complexity index is 748. The first-order valence-electron chi connectivity index (χ1n) is 6.93. The van der Waals surface area contributed by atoms with Gasteiger partial charge in [0.1, 0.15) is 5.82 Å². The molecule has 1 heterocycles. The highest BCUT2D eigenvalue weighted by molar-refractivity contribution is 6.31. The van der Waals surface area contributed by atoms with Crippen LogP contribution in [0.2, 0.25) is 5.02 Å². The normalized spacial score (nSPS) is 17.7. The minimum absolute atomic E-state index is 0.131. The molecule has 3 N–H and O–H groups in total. The first-order chi connectivity index (χ1) is 10.6. The van der Waals surface area contributed by atoms with E-state index in [9.17, 15) is 9.60 Å². The summed E-state index contributed by atoms with van der Waals surface area (Å²) < 4.78 is 15.0. The third kappa shape index (κ3) is 2.65. The number of anilines is 1. The molecular formula is C16H15ClFN3O. The summed E-state index contributed by atoms with van der Waals surface area (Å²) in [7, 11) is 0. The lowest BCUT2D eigenvalue weighted by Crippen LogP contribution is -2.35. The maximum absolute atomic E-state index is 14.2. The molecular weight excluding hydrogens is 305 g/mol. The minimum atomic E-state index is -0.449. The van der Waals surface area contributed by atoms with Gasteiger partial charge in [-0.2, -0.15) is 0 Å². The van der Waals surface area contributed by atoms with Crippen molar-refractivity contribution in [1.29, 1.82) is 0 Å². The summed E-state index contributed by atoms with van der Waals surface area (Å²) in [5.41, 5.74) is 7.50. The molecule has 1 aliphatic heterocycles. The number of nitrogens with one attached hydrogen (secondary N) is 1. The Morgan fingerprint density at radius 3 is 2.77 bits per heavy atom. The Morgan fingerprint density at radius 1 is 1.27 bits per heavy atom. The van der Waals surface area contributed by atoms with E-state index < -0.39 is 5.82 Å². The second kappa shape index (κ2) is 5.94. The largest absolute Gasteiger partial charge is 0.623 e. The van der Waals surface area contributed by atoms with E-state index in [1.807, 2.05) is 0 Å². The molecule has 1 atom stereocenters. The van der Waals surface area contributed by atoms with Crippen LogP contribution in [0, 0.1) is 11.0 Å². The number of rotatable bonds is 2. The molecule has 0 radical (unpaired) electrons. The van der Waals surface area contributed by atoms with Crippen LogP contribution in [0.15, 0.2) is 42.5 Å². The van der Waals surface area contributed by atoms with Gasteiger partial charge in [-0.25, -0.2) is 9.13 Å². The number of halogens is 2. The standard InChI is InChI=1S/C16H15ClFN3O/c17-10-5-6-15-13(7-10)16(12-3-1-2-4-14(12)18)21(22)9-11(8-19)20-15/h1-7,11,20H,8-9,19H2. The van der Waals surface area contributed by atoms with Crippen molar-refractivity contribution in [3.63, 3.8) is 0 Å². The van der Waals surface area contributed by atoms with Crippen molar-refractivity contribution >= 4 is 23.0 Å². The second-order valence-corrected chi connectivity index (χ2v) is 5.59. The van der Waals surface area contributed by atoms with Crippen molar-refractivity contribution in [2.45, 2.75) is 6.04 Å². The molecule has 1 aliphatic rings. The van der Waals surface area contributed by atoms with Crippen LogP contribution in [0.1, 0.15) is 11.1 Å². The van der Waals surface area contributed by atoms with Crippen LogP contribution < -0.4 is 11.1 Å². The summed E-state index contributed by atoms with van der Waals surface area (Å²) in [5.74, 6) is -0.449. The van der Waals surface area contributed by atoms with Crippen molar-refractivity contribution in [2.24, 2.45) is 5.73 Å². The molecule has 1 unspecified atom stereocenters. The number of hydrogen-bond acceptors (Lipinski definition) is 3. The van der Waals surface area contributed by atoms with Gasteiger partial charge in [-0.05, 0) is 30.3 Å². The molecule has 0 aromatic heterocycles. The lowest BCUT2D eigenvalue weighted by Gasteiger charge is -2.14. The molecule has 0 aliphatic carbocycles. The molecule has 0 saturated heterocycles. The summed E-state index contributed by atoms with van der Waals surface area (Å²) >= 11 is 6.06. The number of benzene rings is 2. The van der Waals surface area contributed by atoms with E-state index in [-0.39, 0.29) is 23.9 Å². The van der Waals surface area contributed by atoms with Gasteiger partial charge in [-0.3, -0.25) is 0 Å². The molecule has 114 valence electrons. The highest BCUT2D eigenvalue weighted by Gasteiger charge is 2.28. The van der Waals surface area contributed by atoms with Crippen molar-refractivity contribution < 1.29 is 9.13 Å². The number of benzodiazepines with no additional fused rings is 1. The van der Waals surface area contributed by atoms with Gasteiger partial charge in [0.05, 0.1) is 17.2 Å². The third-order valence-corrected chi connectivity index (χ3v) is 3.88. The van der Waals surface area contributed by atoms with Crippen LogP contribution in [0.3, 0.4) is 0 Å². The summed E-state index contributed by atoms with van der Waals surface area (Å²) in [6.07, 6.45) is 0. The van der Waals surface area contributed by atoms with Crippen LogP contribution >= 0.6 is 11.6 Å². The molecule has 0 fully saturated rings. The maximum Gasteiger partial charge on any atom is 0.230 e. The van der Waals surface area contributed by atoms with Gasteiger partial charge in [-0.15, -0.1) is 0 Å². The molecule has 22 heavy (non-hydrogen) atoms. The van der Waals surface area contributed by atoms with Crippen LogP contribution in [0.5, 0.6) is 0 Å². The minimum Gasteiger partial charge on any atom is -0.623 e. The molecule has 2 aromatic rings. The van der Waals surface area contributed by atoms with E-state index >= 15 is 0 Å². The van der Waals surface area contributed by atoms with E-state index in [1.165, 1.54) is 6.07 Å². The van der Waals surface area contributed by atoms with E-state index in [0.717, 1.165) is 10.4 Å². The van der Waals surface area contributed by atoms with Crippen LogP contribution in [-0.4, -0.2) is 29.6 Å². The summed E-state index contributed by atoms with van der Waals surface area (Å²) in [6.45, 7) is 0.428. The van der Waals surface area contributed by atoms with Crippen molar-refractivity contribution in [2.75, 3.05) is 18.4 Å². The lowest BCUT2D eigenvalue weighted by molar-refractivity contribution is -0.457. The number of hydrogen-bond donors (Lipinski definition) is 2. The van der Waals surface area contributed by atoms with Gasteiger partial charge in [0.2, 0.25) is 5.71 Å². The fourth-order valence-electron chi connectivity index (χ4n) is 2.60. The van der Waals surface area contributed by atoms with E-state index in [0.29, 0.717) is 17.1 Å². The summed E-state index contributed by atoms with van der Waals surface area (Å²) in [5, 5.41) is 16.3. The predicted molar refractivity (Wildman–Crippen MR) is 86.0 cm³/mol. The molecule has 3 rings (SSSR count). The van der Waals surface area contributed by atoms with Gasteiger partial charge in [0, 0.05) is 17.3 Å². The molecule has 6 heteroatoms. The Hall–Kier alpha value is -2.11. The van der Waals surface area contributed by atoms with Crippen molar-refractivity contribution in [3.05, 3.63) is 69.6 Å². The Balaban J connectivity index is 2.26.